The van der Waals surface area contributed by atoms with Crippen molar-refractivity contribution in [1.82, 2.24) is 0 Å². The zero-order valence-electron chi connectivity index (χ0n) is 15.5. The Morgan fingerprint density at radius 2 is 1.54 bits per heavy atom. The first-order chi connectivity index (χ1) is 12.8. The van der Waals surface area contributed by atoms with E-state index in [1.54, 1.807) is 14.2 Å². The van der Waals surface area contributed by atoms with Crippen LogP contribution in [0.15, 0.2) is 60.7 Å². The Kier molecular flexibility index (Phi) is 6.82. The van der Waals surface area contributed by atoms with Crippen LogP contribution >= 0.6 is 0 Å². The molecule has 0 aromatic heterocycles. The van der Waals surface area contributed by atoms with Gasteiger partial charge in [0.15, 0.2) is 0 Å². The normalized spacial score (nSPS) is 20.2. The Hall–Kier alpha value is -1.70. The van der Waals surface area contributed by atoms with E-state index in [1.165, 1.54) is 0 Å². The molecule has 5 nitrogen and oxygen atoms in total. The maximum Gasteiger partial charge on any atom is 0.500 e. The van der Waals surface area contributed by atoms with Gasteiger partial charge in [-0.1, -0.05) is 36.4 Å². The van der Waals surface area contributed by atoms with E-state index in [2.05, 4.69) is 29.2 Å². The number of ether oxygens (including phenoxy) is 1. The molecule has 1 saturated heterocycles. The second-order valence-corrected chi connectivity index (χ2v) is 9.21. The van der Waals surface area contributed by atoms with Gasteiger partial charge in [-0.15, -0.1) is 0 Å². The summed E-state index contributed by atoms with van der Waals surface area (Å²) in [6.07, 6.45) is 0.754. The summed E-state index contributed by atoms with van der Waals surface area (Å²) in [5.74, 6) is 0. The Morgan fingerprint density at radius 1 is 0.962 bits per heavy atom. The molecule has 1 aliphatic heterocycles. The minimum absolute atomic E-state index is 0.137. The number of para-hydroxylation sites is 2. The van der Waals surface area contributed by atoms with Gasteiger partial charge in [-0.2, -0.15) is 0 Å². The molecule has 0 bridgehead atoms. The second-order valence-electron chi connectivity index (χ2n) is 6.29. The first-order valence-electron chi connectivity index (χ1n) is 9.00. The first-order valence-corrected chi connectivity index (χ1v) is 10.9. The van der Waals surface area contributed by atoms with Crippen molar-refractivity contribution in [2.24, 2.45) is 0 Å². The van der Waals surface area contributed by atoms with Gasteiger partial charge in [0.2, 0.25) is 0 Å². The van der Waals surface area contributed by atoms with Crippen molar-refractivity contribution in [3.8, 4) is 0 Å². The molecule has 2 aromatic rings. The molecule has 1 fully saturated rings. The minimum Gasteiger partial charge on any atom is -0.379 e. The Labute approximate surface area is 156 Å². The van der Waals surface area contributed by atoms with Gasteiger partial charge in [0, 0.05) is 38.2 Å². The van der Waals surface area contributed by atoms with E-state index in [0.29, 0.717) is 19.8 Å². The van der Waals surface area contributed by atoms with E-state index in [0.717, 1.165) is 23.8 Å². The summed E-state index contributed by atoms with van der Waals surface area (Å²) < 4.78 is 23.6. The number of hydrogen-bond donors (Lipinski definition) is 0. The first kappa shape index (κ1) is 19.1. The molecule has 1 atom stereocenters. The maximum absolute atomic E-state index is 6.38. The third kappa shape index (κ3) is 4.72. The van der Waals surface area contributed by atoms with Gasteiger partial charge in [0.05, 0.1) is 19.3 Å². The van der Waals surface area contributed by atoms with Crippen molar-refractivity contribution in [1.29, 1.82) is 0 Å². The molecule has 0 radical (unpaired) electrons. The Bertz CT molecular complexity index is 612. The van der Waals surface area contributed by atoms with E-state index in [1.807, 2.05) is 36.4 Å². The Morgan fingerprint density at radius 3 is 2.08 bits per heavy atom. The second kappa shape index (κ2) is 9.30. The lowest BCUT2D eigenvalue weighted by Gasteiger charge is -2.36. The molecule has 0 N–H and O–H groups in total. The van der Waals surface area contributed by atoms with Crippen molar-refractivity contribution in [2.45, 2.75) is 18.6 Å². The molecule has 0 spiro atoms. The number of anilines is 2. The summed E-state index contributed by atoms with van der Waals surface area (Å²) in [5, 5.41) is 0. The van der Waals surface area contributed by atoms with Crippen molar-refractivity contribution in [2.75, 3.05) is 38.9 Å². The summed E-state index contributed by atoms with van der Waals surface area (Å²) in [7, 11) is 0.712. The fraction of sp³-hybridized carbons (Fsp3) is 0.400. The fourth-order valence-corrected chi connectivity index (χ4v) is 5.32. The minimum atomic E-state index is -2.65. The third-order valence-electron chi connectivity index (χ3n) is 4.57. The van der Waals surface area contributed by atoms with Gasteiger partial charge >= 0.3 is 8.80 Å². The van der Waals surface area contributed by atoms with E-state index in [-0.39, 0.29) is 6.10 Å². The molecule has 0 amide bonds. The molecule has 26 heavy (non-hydrogen) atoms. The van der Waals surface area contributed by atoms with Crippen LogP contribution in [0.1, 0.15) is 6.42 Å². The standard InChI is InChI=1S/C20H27NO4Si/c1-22-26(23-2)15-9-14-24-17-20(25-26)16-21(18-10-5-3-6-11-18)19-12-7-4-8-13-19/h3-8,10-13,20H,9,14-17H2,1-2H3. The topological polar surface area (TPSA) is 40.2 Å². The number of hydrogen-bond acceptors (Lipinski definition) is 5. The predicted molar refractivity (Wildman–Crippen MR) is 105 cm³/mol. The van der Waals surface area contributed by atoms with Gasteiger partial charge < -0.3 is 22.9 Å². The molecule has 1 aliphatic rings. The van der Waals surface area contributed by atoms with E-state index in [4.69, 9.17) is 18.0 Å². The van der Waals surface area contributed by atoms with Crippen LogP contribution in [0.2, 0.25) is 6.04 Å². The summed E-state index contributed by atoms with van der Waals surface area (Å²) in [6, 6.07) is 21.4. The van der Waals surface area contributed by atoms with Crippen molar-refractivity contribution in [3.63, 3.8) is 0 Å². The predicted octanol–water partition coefficient (Wildman–Crippen LogP) is 3.86. The summed E-state index contributed by atoms with van der Waals surface area (Å²) in [6.45, 7) is 1.89. The van der Waals surface area contributed by atoms with Gasteiger partial charge in [-0.3, -0.25) is 0 Å². The highest BCUT2D eigenvalue weighted by Gasteiger charge is 2.42. The maximum atomic E-state index is 6.38. The highest BCUT2D eigenvalue weighted by Crippen LogP contribution is 2.28. The van der Waals surface area contributed by atoms with Crippen LogP contribution in [0.5, 0.6) is 0 Å². The molecule has 3 rings (SSSR count). The average molecular weight is 374 g/mol. The smallest absolute Gasteiger partial charge is 0.379 e. The monoisotopic (exact) mass is 373 g/mol. The zero-order valence-corrected chi connectivity index (χ0v) is 16.5. The van der Waals surface area contributed by atoms with Crippen LogP contribution in [-0.4, -0.2) is 48.9 Å². The molecule has 1 heterocycles. The highest BCUT2D eigenvalue weighted by molar-refractivity contribution is 6.60. The SMILES string of the molecule is CO[Si]1(OC)CCCOCC(CN(c2ccccc2)c2ccccc2)O1. The van der Waals surface area contributed by atoms with Crippen molar-refractivity contribution >= 4 is 20.2 Å². The van der Waals surface area contributed by atoms with Crippen LogP contribution in [0.25, 0.3) is 0 Å². The zero-order chi connectivity index (χ0) is 18.2. The van der Waals surface area contributed by atoms with Gasteiger partial charge in [0.1, 0.15) is 0 Å². The third-order valence-corrected chi connectivity index (χ3v) is 7.47. The molecule has 1 unspecified atom stereocenters. The molecule has 0 saturated carbocycles. The summed E-state index contributed by atoms with van der Waals surface area (Å²) in [4.78, 5) is 2.25. The van der Waals surface area contributed by atoms with Gasteiger partial charge in [-0.05, 0) is 30.7 Å². The number of benzene rings is 2. The quantitative estimate of drug-likeness (QED) is 0.719. The van der Waals surface area contributed by atoms with Crippen LogP contribution in [0, 0.1) is 0 Å². The van der Waals surface area contributed by atoms with E-state index >= 15 is 0 Å². The highest BCUT2D eigenvalue weighted by atomic mass is 28.4. The Balaban J connectivity index is 1.85. The van der Waals surface area contributed by atoms with Gasteiger partial charge in [-0.25, -0.2) is 0 Å². The largest absolute Gasteiger partial charge is 0.500 e. The van der Waals surface area contributed by atoms with Crippen LogP contribution in [0.3, 0.4) is 0 Å². The molecule has 6 heteroatoms. The van der Waals surface area contributed by atoms with Crippen LogP contribution in [-0.2, 0) is 18.0 Å². The average Bonchev–Trinajstić information content (AvgIpc) is 2.69. The number of nitrogens with zero attached hydrogens (tertiary/aromatic N) is 1. The van der Waals surface area contributed by atoms with Crippen molar-refractivity contribution < 1.29 is 18.0 Å². The molecule has 2 aromatic carbocycles. The van der Waals surface area contributed by atoms with Crippen molar-refractivity contribution in [3.05, 3.63) is 60.7 Å². The summed E-state index contributed by atoms with van der Waals surface area (Å²) in [5.41, 5.74) is 2.23. The lowest BCUT2D eigenvalue weighted by Crippen LogP contribution is -2.51. The number of rotatable bonds is 6. The summed E-state index contributed by atoms with van der Waals surface area (Å²) >= 11 is 0. The van der Waals surface area contributed by atoms with Gasteiger partial charge in [0.25, 0.3) is 0 Å². The molecule has 0 aliphatic carbocycles. The van der Waals surface area contributed by atoms with E-state index < -0.39 is 8.80 Å². The van der Waals surface area contributed by atoms with Crippen LogP contribution < -0.4 is 4.90 Å². The molecular formula is C20H27NO4Si. The lowest BCUT2D eigenvalue weighted by atomic mass is 10.2. The van der Waals surface area contributed by atoms with E-state index in [9.17, 15) is 0 Å². The molecular weight excluding hydrogens is 346 g/mol. The molecule has 140 valence electrons. The van der Waals surface area contributed by atoms with Crippen LogP contribution in [0.4, 0.5) is 11.4 Å². The fourth-order valence-electron chi connectivity index (χ4n) is 3.21. The lowest BCUT2D eigenvalue weighted by molar-refractivity contribution is -0.0106.